The van der Waals surface area contributed by atoms with Crippen LogP contribution in [0.4, 0.5) is 0 Å². The van der Waals surface area contributed by atoms with E-state index < -0.39 is 0 Å². The minimum atomic E-state index is -0.185. The molecule has 1 heterocycles. The minimum absolute atomic E-state index is 0.185. The molecule has 1 N–H and O–H groups in total. The number of rotatable bonds is 1. The summed E-state index contributed by atoms with van der Waals surface area (Å²) >= 11 is 1.77. The highest BCUT2D eigenvalue weighted by Gasteiger charge is 2.30. The smallest absolute Gasteiger partial charge is 0.0705 e. The van der Waals surface area contributed by atoms with Crippen LogP contribution >= 0.6 is 11.8 Å². The van der Waals surface area contributed by atoms with Crippen molar-refractivity contribution < 1.29 is 5.11 Å². The Morgan fingerprint density at radius 2 is 2.07 bits per heavy atom. The summed E-state index contributed by atoms with van der Waals surface area (Å²) in [5.74, 6) is 1.65. The highest BCUT2D eigenvalue weighted by atomic mass is 32.2. The molecule has 2 rings (SSSR count). The number of fused-ring (bicyclic) bond motifs is 1. The Morgan fingerprint density at radius 1 is 1.36 bits per heavy atom. The van der Waals surface area contributed by atoms with Crippen molar-refractivity contribution in [1.29, 1.82) is 0 Å². The summed E-state index contributed by atoms with van der Waals surface area (Å²) in [5, 5.41) is 9.97. The maximum atomic E-state index is 9.97. The highest BCUT2D eigenvalue weighted by Crippen LogP contribution is 2.40. The quantitative estimate of drug-likeness (QED) is 0.765. The Balaban J connectivity index is 2.41. The van der Waals surface area contributed by atoms with Crippen LogP contribution < -0.4 is 0 Å². The molecule has 0 aliphatic carbocycles. The summed E-state index contributed by atoms with van der Waals surface area (Å²) in [6.45, 7) is 4.36. The highest BCUT2D eigenvalue weighted by molar-refractivity contribution is 7.99. The lowest BCUT2D eigenvalue weighted by Crippen LogP contribution is -2.28. The Morgan fingerprint density at radius 3 is 2.79 bits per heavy atom. The zero-order valence-corrected chi connectivity index (χ0v) is 9.42. The van der Waals surface area contributed by atoms with E-state index in [1.54, 1.807) is 11.8 Å². The zero-order valence-electron chi connectivity index (χ0n) is 8.60. The number of hydrogen-bond acceptors (Lipinski definition) is 2. The van der Waals surface area contributed by atoms with Crippen molar-refractivity contribution in [3.63, 3.8) is 0 Å². The van der Waals surface area contributed by atoms with Gasteiger partial charge >= 0.3 is 0 Å². The zero-order chi connectivity index (χ0) is 10.1. The second-order valence-electron chi connectivity index (χ2n) is 4.19. The van der Waals surface area contributed by atoms with E-state index >= 15 is 0 Å². The first-order valence-corrected chi connectivity index (χ1v) is 6.08. The van der Waals surface area contributed by atoms with Crippen LogP contribution in [0.25, 0.3) is 0 Å². The van der Waals surface area contributed by atoms with Crippen molar-refractivity contribution in [1.82, 2.24) is 0 Å². The van der Waals surface area contributed by atoms with Crippen molar-refractivity contribution in [3.8, 4) is 0 Å². The van der Waals surface area contributed by atoms with Crippen LogP contribution in [0.15, 0.2) is 29.2 Å². The van der Waals surface area contributed by atoms with Gasteiger partial charge in [0.1, 0.15) is 0 Å². The topological polar surface area (TPSA) is 20.2 Å². The molecule has 1 aliphatic rings. The molecule has 1 aromatic carbocycles. The van der Waals surface area contributed by atoms with Gasteiger partial charge in [0.2, 0.25) is 0 Å². The second kappa shape index (κ2) is 3.95. The largest absolute Gasteiger partial charge is 0.392 e. The molecule has 0 bridgehead atoms. The van der Waals surface area contributed by atoms with Crippen molar-refractivity contribution in [2.24, 2.45) is 5.92 Å². The first kappa shape index (κ1) is 10.1. The van der Waals surface area contributed by atoms with Gasteiger partial charge in [-0.3, -0.25) is 0 Å². The summed E-state index contributed by atoms with van der Waals surface area (Å²) in [7, 11) is 0. The van der Waals surface area contributed by atoms with Gasteiger partial charge in [0.15, 0.2) is 0 Å². The Hall–Kier alpha value is -0.470. The lowest BCUT2D eigenvalue weighted by atomic mass is 9.84. The molecular formula is C12H16OS. The predicted octanol–water partition coefficient (Wildman–Crippen LogP) is 2.89. The van der Waals surface area contributed by atoms with Gasteiger partial charge in [0.05, 0.1) is 6.10 Å². The Labute approximate surface area is 89.5 Å². The normalized spacial score (nSPS) is 26.3. The summed E-state index contributed by atoms with van der Waals surface area (Å²) in [4.78, 5) is 1.34. The van der Waals surface area contributed by atoms with Gasteiger partial charge in [-0.05, 0) is 17.5 Å². The lowest BCUT2D eigenvalue weighted by Gasteiger charge is -2.32. The van der Waals surface area contributed by atoms with Crippen LogP contribution in [-0.2, 0) is 0 Å². The number of hydrogen-bond donors (Lipinski definition) is 1. The summed E-state index contributed by atoms with van der Waals surface area (Å²) < 4.78 is 0. The average molecular weight is 208 g/mol. The molecule has 0 unspecified atom stereocenters. The molecule has 0 spiro atoms. The van der Waals surface area contributed by atoms with Crippen LogP contribution in [-0.4, -0.2) is 17.0 Å². The third kappa shape index (κ3) is 1.69. The van der Waals surface area contributed by atoms with Crippen LogP contribution in [0, 0.1) is 5.92 Å². The van der Waals surface area contributed by atoms with E-state index in [0.29, 0.717) is 11.8 Å². The first-order valence-electron chi connectivity index (χ1n) is 5.10. The molecule has 1 aliphatic heterocycles. The van der Waals surface area contributed by atoms with E-state index in [0.717, 1.165) is 5.75 Å². The maximum Gasteiger partial charge on any atom is 0.0705 e. The molecule has 0 radical (unpaired) electrons. The molecule has 76 valence electrons. The second-order valence-corrected chi connectivity index (χ2v) is 5.25. The van der Waals surface area contributed by atoms with Crippen LogP contribution in [0.3, 0.4) is 0 Å². The Kier molecular flexibility index (Phi) is 2.84. The molecule has 0 aromatic heterocycles. The van der Waals surface area contributed by atoms with E-state index in [9.17, 15) is 5.11 Å². The van der Waals surface area contributed by atoms with Crippen LogP contribution in [0.2, 0.25) is 0 Å². The number of aliphatic hydroxyl groups excluding tert-OH is 1. The third-order valence-corrected chi connectivity index (χ3v) is 4.01. The standard InChI is InChI=1S/C12H16OS/c1-8(2)12-9-5-3-4-6-11(9)14-7-10(12)13/h3-6,8,10,12-13H,7H2,1-2H3/t10-,12+/m1/s1. The fraction of sp³-hybridized carbons (Fsp3) is 0.500. The first-order chi connectivity index (χ1) is 6.70. The fourth-order valence-electron chi connectivity index (χ4n) is 2.18. The predicted molar refractivity (Wildman–Crippen MR) is 60.8 cm³/mol. The van der Waals surface area contributed by atoms with Gasteiger partial charge in [-0.25, -0.2) is 0 Å². The number of aliphatic hydroxyl groups is 1. The molecule has 1 nitrogen and oxygen atoms in total. The van der Waals surface area contributed by atoms with E-state index in [-0.39, 0.29) is 6.10 Å². The van der Waals surface area contributed by atoms with Gasteiger partial charge in [0, 0.05) is 16.6 Å². The minimum Gasteiger partial charge on any atom is -0.392 e. The van der Waals surface area contributed by atoms with Crippen molar-refractivity contribution in [3.05, 3.63) is 29.8 Å². The molecular weight excluding hydrogens is 192 g/mol. The average Bonchev–Trinajstić information content (AvgIpc) is 2.17. The molecule has 0 amide bonds. The van der Waals surface area contributed by atoms with E-state index in [1.807, 2.05) is 0 Å². The van der Waals surface area contributed by atoms with E-state index in [2.05, 4.69) is 38.1 Å². The number of thioether (sulfide) groups is 1. The summed E-state index contributed by atoms with van der Waals surface area (Å²) in [6.07, 6.45) is -0.185. The van der Waals surface area contributed by atoms with Crippen LogP contribution in [0.1, 0.15) is 25.3 Å². The Bertz CT molecular complexity index is 322. The van der Waals surface area contributed by atoms with Gasteiger partial charge in [-0.1, -0.05) is 32.0 Å². The number of benzene rings is 1. The van der Waals surface area contributed by atoms with Crippen molar-refractivity contribution in [2.45, 2.75) is 30.8 Å². The molecule has 14 heavy (non-hydrogen) atoms. The SMILES string of the molecule is CC(C)[C@H]1c2ccccc2SC[C@H]1O. The van der Waals surface area contributed by atoms with Crippen molar-refractivity contribution in [2.75, 3.05) is 5.75 Å². The summed E-state index contributed by atoms with van der Waals surface area (Å²) in [6, 6.07) is 8.43. The van der Waals surface area contributed by atoms with E-state index in [1.165, 1.54) is 10.5 Å². The third-order valence-electron chi connectivity index (χ3n) is 2.82. The van der Waals surface area contributed by atoms with Crippen molar-refractivity contribution >= 4 is 11.8 Å². The molecule has 0 saturated carbocycles. The maximum absolute atomic E-state index is 9.97. The van der Waals surface area contributed by atoms with E-state index in [4.69, 9.17) is 0 Å². The van der Waals surface area contributed by atoms with Gasteiger partial charge in [0.25, 0.3) is 0 Å². The summed E-state index contributed by atoms with van der Waals surface area (Å²) in [5.41, 5.74) is 1.33. The van der Waals surface area contributed by atoms with Crippen LogP contribution in [0.5, 0.6) is 0 Å². The molecule has 0 saturated heterocycles. The molecule has 1 aromatic rings. The monoisotopic (exact) mass is 208 g/mol. The molecule has 2 heteroatoms. The van der Waals surface area contributed by atoms with Gasteiger partial charge < -0.3 is 5.11 Å². The van der Waals surface area contributed by atoms with Gasteiger partial charge in [-0.15, -0.1) is 11.8 Å². The molecule has 0 fully saturated rings. The lowest BCUT2D eigenvalue weighted by molar-refractivity contribution is 0.141. The fourth-order valence-corrected chi connectivity index (χ4v) is 3.28. The van der Waals surface area contributed by atoms with Gasteiger partial charge in [-0.2, -0.15) is 0 Å². The molecule has 2 atom stereocenters.